The summed E-state index contributed by atoms with van der Waals surface area (Å²) in [5.74, 6) is 0. The number of aromatic nitrogens is 2. The zero-order valence-corrected chi connectivity index (χ0v) is 13.7. The number of ether oxygens (including phenoxy) is 1. The Hall–Kier alpha value is -2.09. The van der Waals surface area contributed by atoms with Gasteiger partial charge in [-0.2, -0.15) is 0 Å². The summed E-state index contributed by atoms with van der Waals surface area (Å²) in [6.45, 7) is 6.55. The van der Waals surface area contributed by atoms with Crippen molar-refractivity contribution in [2.75, 3.05) is 13.1 Å². The van der Waals surface area contributed by atoms with Crippen molar-refractivity contribution in [3.8, 4) is 0 Å². The molecule has 0 unspecified atom stereocenters. The molecule has 0 saturated carbocycles. The van der Waals surface area contributed by atoms with E-state index in [0.29, 0.717) is 25.2 Å². The normalized spacial score (nSPS) is 11.3. The first-order chi connectivity index (χ1) is 10.1. The second-order valence-corrected chi connectivity index (χ2v) is 6.02. The number of rotatable bonds is 5. The average molecular weight is 312 g/mol. The molecule has 0 radical (unpaired) electrons. The van der Waals surface area contributed by atoms with E-state index in [1.165, 1.54) is 17.8 Å². The van der Waals surface area contributed by atoms with Gasteiger partial charge < -0.3 is 19.9 Å². The first-order valence-electron chi connectivity index (χ1n) is 7.05. The van der Waals surface area contributed by atoms with Gasteiger partial charge in [0.15, 0.2) is 0 Å². The van der Waals surface area contributed by atoms with E-state index >= 15 is 0 Å². The topological polar surface area (TPSA) is 94.4 Å². The molecule has 1 amide bonds. The Morgan fingerprint density at radius 3 is 2.45 bits per heavy atom. The third kappa shape index (κ3) is 5.36. The van der Waals surface area contributed by atoms with Crippen LogP contribution in [-0.4, -0.2) is 33.9 Å². The standard InChI is InChI=1S/C14H24N4O4/c1-14(2,3)22-12(20)16-7-6-15-8-10-9-17(4)13(21)18(5)11(10)19/h9,15H,6-8H2,1-5H3,(H,16,20). The lowest BCUT2D eigenvalue weighted by Crippen LogP contribution is -2.40. The summed E-state index contributed by atoms with van der Waals surface area (Å²) < 4.78 is 7.52. The molecule has 0 fully saturated rings. The highest BCUT2D eigenvalue weighted by atomic mass is 16.6. The maximum Gasteiger partial charge on any atom is 0.407 e. The van der Waals surface area contributed by atoms with Crippen molar-refractivity contribution in [3.05, 3.63) is 32.6 Å². The van der Waals surface area contributed by atoms with E-state index in [9.17, 15) is 14.4 Å². The molecule has 1 aromatic heterocycles. The highest BCUT2D eigenvalue weighted by Gasteiger charge is 2.15. The molecule has 0 aliphatic carbocycles. The monoisotopic (exact) mass is 312 g/mol. The van der Waals surface area contributed by atoms with E-state index in [4.69, 9.17) is 4.74 Å². The molecular weight excluding hydrogens is 288 g/mol. The minimum Gasteiger partial charge on any atom is -0.444 e. The van der Waals surface area contributed by atoms with Crippen molar-refractivity contribution in [1.82, 2.24) is 19.8 Å². The van der Waals surface area contributed by atoms with Gasteiger partial charge in [-0.15, -0.1) is 0 Å². The molecule has 1 heterocycles. The Bertz CT molecular complexity index is 640. The van der Waals surface area contributed by atoms with Crippen molar-refractivity contribution in [1.29, 1.82) is 0 Å². The van der Waals surface area contributed by atoms with Crippen LogP contribution in [0, 0.1) is 0 Å². The van der Waals surface area contributed by atoms with Crippen LogP contribution in [0.5, 0.6) is 0 Å². The molecule has 0 spiro atoms. The number of carbonyl (C=O) groups excluding carboxylic acids is 1. The predicted molar refractivity (Wildman–Crippen MR) is 82.9 cm³/mol. The predicted octanol–water partition coefficient (Wildman–Crippen LogP) is -0.302. The fourth-order valence-electron chi connectivity index (χ4n) is 1.79. The van der Waals surface area contributed by atoms with E-state index in [-0.39, 0.29) is 11.2 Å². The van der Waals surface area contributed by atoms with Gasteiger partial charge in [-0.3, -0.25) is 9.36 Å². The Balaban J connectivity index is 2.42. The molecule has 0 bridgehead atoms. The van der Waals surface area contributed by atoms with Gasteiger partial charge in [0, 0.05) is 45.5 Å². The highest BCUT2D eigenvalue weighted by molar-refractivity contribution is 5.67. The lowest BCUT2D eigenvalue weighted by molar-refractivity contribution is 0.0528. The van der Waals surface area contributed by atoms with Gasteiger partial charge in [0.1, 0.15) is 5.60 Å². The molecule has 22 heavy (non-hydrogen) atoms. The molecule has 0 aromatic carbocycles. The van der Waals surface area contributed by atoms with Gasteiger partial charge in [0.05, 0.1) is 0 Å². The Morgan fingerprint density at radius 1 is 1.23 bits per heavy atom. The number of aryl methyl sites for hydroxylation is 1. The average Bonchev–Trinajstić information content (AvgIpc) is 2.39. The van der Waals surface area contributed by atoms with Gasteiger partial charge in [-0.25, -0.2) is 9.59 Å². The van der Waals surface area contributed by atoms with E-state index in [1.54, 1.807) is 27.8 Å². The number of hydrogen-bond acceptors (Lipinski definition) is 5. The highest BCUT2D eigenvalue weighted by Crippen LogP contribution is 2.05. The van der Waals surface area contributed by atoms with Gasteiger partial charge in [0.25, 0.3) is 5.56 Å². The van der Waals surface area contributed by atoms with E-state index in [0.717, 1.165) is 4.57 Å². The number of hydrogen-bond donors (Lipinski definition) is 2. The minimum absolute atomic E-state index is 0.316. The molecule has 1 rings (SSSR count). The van der Waals surface area contributed by atoms with Crippen LogP contribution >= 0.6 is 0 Å². The van der Waals surface area contributed by atoms with Crippen molar-refractivity contribution >= 4 is 6.09 Å². The second kappa shape index (κ2) is 7.26. The lowest BCUT2D eigenvalue weighted by Gasteiger charge is -2.19. The summed E-state index contributed by atoms with van der Waals surface area (Å²) in [5.41, 5.74) is -0.726. The molecule has 8 nitrogen and oxygen atoms in total. The SMILES string of the molecule is Cn1cc(CNCCNC(=O)OC(C)(C)C)c(=O)n(C)c1=O. The number of carbonyl (C=O) groups is 1. The van der Waals surface area contributed by atoms with Crippen LogP contribution in [-0.2, 0) is 25.4 Å². The van der Waals surface area contributed by atoms with Crippen LogP contribution in [0.1, 0.15) is 26.3 Å². The van der Waals surface area contributed by atoms with Crippen LogP contribution in [0.3, 0.4) is 0 Å². The molecule has 0 aliphatic heterocycles. The third-order valence-corrected chi connectivity index (χ3v) is 2.80. The molecule has 8 heteroatoms. The molecule has 0 aliphatic rings. The summed E-state index contributed by atoms with van der Waals surface area (Å²) in [6, 6.07) is 0. The van der Waals surface area contributed by atoms with Gasteiger partial charge in [-0.05, 0) is 20.8 Å². The largest absolute Gasteiger partial charge is 0.444 e. The summed E-state index contributed by atoms with van der Waals surface area (Å²) >= 11 is 0. The quantitative estimate of drug-likeness (QED) is 0.728. The summed E-state index contributed by atoms with van der Waals surface area (Å²) in [6.07, 6.45) is 1.03. The minimum atomic E-state index is -0.529. The molecule has 0 saturated heterocycles. The number of nitrogens with zero attached hydrogens (tertiary/aromatic N) is 2. The van der Waals surface area contributed by atoms with Crippen molar-refractivity contribution in [3.63, 3.8) is 0 Å². The fraction of sp³-hybridized carbons (Fsp3) is 0.643. The van der Waals surface area contributed by atoms with Crippen LogP contribution in [0.4, 0.5) is 4.79 Å². The van der Waals surface area contributed by atoms with E-state index < -0.39 is 11.7 Å². The number of alkyl carbamates (subject to hydrolysis) is 1. The molecular formula is C14H24N4O4. The Kier molecular flexibility index (Phi) is 5.92. The Labute approximate surface area is 129 Å². The molecule has 2 N–H and O–H groups in total. The first-order valence-corrected chi connectivity index (χ1v) is 7.05. The summed E-state index contributed by atoms with van der Waals surface area (Å²) in [5, 5.41) is 5.65. The van der Waals surface area contributed by atoms with Crippen LogP contribution < -0.4 is 21.9 Å². The molecule has 1 aromatic rings. The van der Waals surface area contributed by atoms with Crippen molar-refractivity contribution < 1.29 is 9.53 Å². The molecule has 124 valence electrons. The van der Waals surface area contributed by atoms with Crippen molar-refractivity contribution in [2.45, 2.75) is 32.9 Å². The van der Waals surface area contributed by atoms with Crippen LogP contribution in [0.15, 0.2) is 15.8 Å². The van der Waals surface area contributed by atoms with Crippen molar-refractivity contribution in [2.24, 2.45) is 14.1 Å². The van der Waals surface area contributed by atoms with E-state index in [1.807, 2.05) is 0 Å². The third-order valence-electron chi connectivity index (χ3n) is 2.80. The van der Waals surface area contributed by atoms with Gasteiger partial charge >= 0.3 is 11.8 Å². The lowest BCUT2D eigenvalue weighted by atomic mass is 10.2. The Morgan fingerprint density at radius 2 is 1.86 bits per heavy atom. The zero-order chi connectivity index (χ0) is 16.9. The summed E-state index contributed by atoms with van der Waals surface area (Å²) in [7, 11) is 3.04. The van der Waals surface area contributed by atoms with Gasteiger partial charge in [-0.1, -0.05) is 0 Å². The fourth-order valence-corrected chi connectivity index (χ4v) is 1.79. The first kappa shape index (κ1) is 18.0. The smallest absolute Gasteiger partial charge is 0.407 e. The maximum atomic E-state index is 11.9. The number of amides is 1. The van der Waals surface area contributed by atoms with Crippen LogP contribution in [0.25, 0.3) is 0 Å². The number of nitrogens with one attached hydrogen (secondary N) is 2. The van der Waals surface area contributed by atoms with E-state index in [2.05, 4.69) is 10.6 Å². The second-order valence-electron chi connectivity index (χ2n) is 6.02. The molecule has 0 atom stereocenters. The van der Waals surface area contributed by atoms with Gasteiger partial charge in [0.2, 0.25) is 0 Å². The zero-order valence-electron chi connectivity index (χ0n) is 13.7. The summed E-state index contributed by atoms with van der Waals surface area (Å²) in [4.78, 5) is 34.9. The van der Waals surface area contributed by atoms with Crippen LogP contribution in [0.2, 0.25) is 0 Å². The maximum absolute atomic E-state index is 11.9.